The Morgan fingerprint density at radius 1 is 1.31 bits per heavy atom. The molecular formula is C12H20ClNOS. The molecule has 4 heteroatoms. The molecule has 0 radical (unpaired) electrons. The largest absolute Gasteiger partial charge is 0.395 e. The van der Waals surface area contributed by atoms with Crippen LogP contribution in [0.25, 0.3) is 0 Å². The van der Waals surface area contributed by atoms with Crippen LogP contribution < -0.4 is 5.32 Å². The Kier molecular flexibility index (Phi) is 8.76. The van der Waals surface area contributed by atoms with Crippen molar-refractivity contribution in [2.24, 2.45) is 0 Å². The average Bonchev–Trinajstić information content (AvgIpc) is 2.27. The normalized spacial score (nSPS) is 11.9. The maximum atomic E-state index is 8.68. The number of hydrogen-bond acceptors (Lipinski definition) is 3. The third-order valence-electron chi connectivity index (χ3n) is 2.31. The maximum absolute atomic E-state index is 8.68. The van der Waals surface area contributed by atoms with Crippen molar-refractivity contribution in [3.8, 4) is 0 Å². The first kappa shape index (κ1) is 15.8. The van der Waals surface area contributed by atoms with Crippen LogP contribution >= 0.6 is 24.2 Å². The highest BCUT2D eigenvalue weighted by Crippen LogP contribution is 2.15. The Morgan fingerprint density at radius 3 is 2.44 bits per heavy atom. The molecule has 0 fully saturated rings. The van der Waals surface area contributed by atoms with Gasteiger partial charge in [0.1, 0.15) is 0 Å². The Morgan fingerprint density at radius 2 is 1.94 bits per heavy atom. The van der Waals surface area contributed by atoms with E-state index in [0.717, 1.165) is 6.42 Å². The minimum Gasteiger partial charge on any atom is -0.395 e. The first-order chi connectivity index (χ1) is 7.26. The van der Waals surface area contributed by atoms with Gasteiger partial charge in [0.05, 0.1) is 6.61 Å². The molecule has 0 saturated carbocycles. The van der Waals surface area contributed by atoms with E-state index in [4.69, 9.17) is 5.11 Å². The highest BCUT2D eigenvalue weighted by molar-refractivity contribution is 7.98. The molecule has 2 N–H and O–H groups in total. The lowest BCUT2D eigenvalue weighted by Gasteiger charge is -2.12. The number of hydrogen-bond donors (Lipinski definition) is 2. The number of aliphatic hydroxyl groups is 1. The molecular weight excluding hydrogens is 242 g/mol. The van der Waals surface area contributed by atoms with Gasteiger partial charge in [0.25, 0.3) is 0 Å². The van der Waals surface area contributed by atoms with E-state index in [-0.39, 0.29) is 19.0 Å². The topological polar surface area (TPSA) is 32.3 Å². The van der Waals surface area contributed by atoms with Crippen LogP contribution in [-0.4, -0.2) is 30.6 Å². The zero-order valence-corrected chi connectivity index (χ0v) is 11.4. The van der Waals surface area contributed by atoms with Crippen LogP contribution in [-0.2, 0) is 6.42 Å². The van der Waals surface area contributed by atoms with Gasteiger partial charge >= 0.3 is 0 Å². The summed E-state index contributed by atoms with van der Waals surface area (Å²) in [5, 5.41) is 11.9. The maximum Gasteiger partial charge on any atom is 0.0556 e. The molecule has 1 aromatic carbocycles. The van der Waals surface area contributed by atoms with E-state index in [1.165, 1.54) is 10.5 Å². The van der Waals surface area contributed by atoms with E-state index < -0.39 is 0 Å². The third kappa shape index (κ3) is 5.75. The SMILES string of the molecule is CSc1ccc(CC(C)NCCO)cc1.Cl. The second-order valence-corrected chi connectivity index (χ2v) is 4.51. The zero-order chi connectivity index (χ0) is 11.1. The van der Waals surface area contributed by atoms with Crippen molar-refractivity contribution in [2.45, 2.75) is 24.3 Å². The van der Waals surface area contributed by atoms with Crippen molar-refractivity contribution in [2.75, 3.05) is 19.4 Å². The van der Waals surface area contributed by atoms with Crippen molar-refractivity contribution in [3.63, 3.8) is 0 Å². The molecule has 0 aliphatic heterocycles. The fourth-order valence-electron chi connectivity index (χ4n) is 1.50. The molecule has 0 aliphatic rings. The molecule has 2 nitrogen and oxygen atoms in total. The summed E-state index contributed by atoms with van der Waals surface area (Å²) in [4.78, 5) is 1.30. The predicted octanol–water partition coefficient (Wildman–Crippen LogP) is 2.34. The van der Waals surface area contributed by atoms with Crippen LogP contribution in [0.4, 0.5) is 0 Å². The van der Waals surface area contributed by atoms with Crippen LogP contribution in [0.5, 0.6) is 0 Å². The van der Waals surface area contributed by atoms with Gasteiger partial charge in [0.2, 0.25) is 0 Å². The second kappa shape index (κ2) is 8.88. The lowest BCUT2D eigenvalue weighted by atomic mass is 10.1. The Bertz CT molecular complexity index is 279. The van der Waals surface area contributed by atoms with Gasteiger partial charge in [-0.15, -0.1) is 24.2 Å². The molecule has 1 aromatic rings. The number of halogens is 1. The molecule has 0 heterocycles. The van der Waals surface area contributed by atoms with E-state index in [0.29, 0.717) is 12.6 Å². The van der Waals surface area contributed by atoms with Gasteiger partial charge in [-0.05, 0) is 37.3 Å². The van der Waals surface area contributed by atoms with Gasteiger partial charge in [0, 0.05) is 17.5 Å². The monoisotopic (exact) mass is 261 g/mol. The van der Waals surface area contributed by atoms with Crippen LogP contribution in [0.1, 0.15) is 12.5 Å². The smallest absolute Gasteiger partial charge is 0.0556 e. The van der Waals surface area contributed by atoms with Crippen molar-refractivity contribution >= 4 is 24.2 Å². The molecule has 92 valence electrons. The fraction of sp³-hybridized carbons (Fsp3) is 0.500. The van der Waals surface area contributed by atoms with Crippen molar-refractivity contribution in [1.29, 1.82) is 0 Å². The summed E-state index contributed by atoms with van der Waals surface area (Å²) in [6.07, 6.45) is 3.09. The van der Waals surface area contributed by atoms with Crippen LogP contribution in [0.2, 0.25) is 0 Å². The predicted molar refractivity (Wildman–Crippen MR) is 73.7 cm³/mol. The lowest BCUT2D eigenvalue weighted by molar-refractivity contribution is 0.285. The molecule has 0 aliphatic carbocycles. The van der Waals surface area contributed by atoms with E-state index in [1.807, 2.05) is 0 Å². The van der Waals surface area contributed by atoms with E-state index in [2.05, 4.69) is 42.8 Å². The van der Waals surface area contributed by atoms with Crippen LogP contribution in [0.15, 0.2) is 29.2 Å². The van der Waals surface area contributed by atoms with Crippen LogP contribution in [0.3, 0.4) is 0 Å². The van der Waals surface area contributed by atoms with Crippen molar-refractivity contribution < 1.29 is 5.11 Å². The summed E-state index contributed by atoms with van der Waals surface area (Å²) in [5.74, 6) is 0. The van der Waals surface area contributed by atoms with Gasteiger partial charge in [-0.2, -0.15) is 0 Å². The van der Waals surface area contributed by atoms with Crippen LogP contribution in [0, 0.1) is 0 Å². The summed E-state index contributed by atoms with van der Waals surface area (Å²) in [6.45, 7) is 3.01. The lowest BCUT2D eigenvalue weighted by Crippen LogP contribution is -2.30. The van der Waals surface area contributed by atoms with Gasteiger partial charge in [-0.1, -0.05) is 12.1 Å². The third-order valence-corrected chi connectivity index (χ3v) is 3.05. The average molecular weight is 262 g/mol. The number of thioether (sulfide) groups is 1. The van der Waals surface area contributed by atoms with Crippen molar-refractivity contribution in [3.05, 3.63) is 29.8 Å². The molecule has 0 bridgehead atoms. The second-order valence-electron chi connectivity index (χ2n) is 3.63. The molecule has 1 unspecified atom stereocenters. The van der Waals surface area contributed by atoms with Gasteiger partial charge in [-0.25, -0.2) is 0 Å². The summed E-state index contributed by atoms with van der Waals surface area (Å²) in [7, 11) is 0. The number of rotatable bonds is 6. The van der Waals surface area contributed by atoms with E-state index in [1.54, 1.807) is 11.8 Å². The summed E-state index contributed by atoms with van der Waals surface area (Å²) < 4.78 is 0. The quantitative estimate of drug-likeness (QED) is 0.771. The highest BCUT2D eigenvalue weighted by atomic mass is 35.5. The fourth-order valence-corrected chi connectivity index (χ4v) is 1.91. The molecule has 0 aromatic heterocycles. The van der Waals surface area contributed by atoms with E-state index >= 15 is 0 Å². The summed E-state index contributed by atoms with van der Waals surface area (Å²) in [5.41, 5.74) is 1.34. The van der Waals surface area contributed by atoms with Crippen molar-refractivity contribution in [1.82, 2.24) is 5.32 Å². The molecule has 0 saturated heterocycles. The molecule has 1 atom stereocenters. The van der Waals surface area contributed by atoms with Gasteiger partial charge in [-0.3, -0.25) is 0 Å². The summed E-state index contributed by atoms with van der Waals surface area (Å²) >= 11 is 1.76. The van der Waals surface area contributed by atoms with Gasteiger partial charge in [0.15, 0.2) is 0 Å². The Hall–Kier alpha value is -0.220. The number of nitrogens with one attached hydrogen (secondary N) is 1. The highest BCUT2D eigenvalue weighted by Gasteiger charge is 2.02. The Labute approximate surface area is 108 Å². The minimum atomic E-state index is 0. The zero-order valence-electron chi connectivity index (χ0n) is 9.77. The standard InChI is InChI=1S/C12H19NOS.ClH/c1-10(13-7-8-14)9-11-3-5-12(15-2)6-4-11;/h3-6,10,13-14H,7-9H2,1-2H3;1H. The first-order valence-corrected chi connectivity index (χ1v) is 6.46. The molecule has 0 spiro atoms. The minimum absolute atomic E-state index is 0. The number of aliphatic hydroxyl groups excluding tert-OH is 1. The molecule has 16 heavy (non-hydrogen) atoms. The molecule has 0 amide bonds. The Balaban J connectivity index is 0.00000225. The summed E-state index contributed by atoms with van der Waals surface area (Å²) in [6, 6.07) is 9.06. The first-order valence-electron chi connectivity index (χ1n) is 5.23. The number of benzene rings is 1. The van der Waals surface area contributed by atoms with E-state index in [9.17, 15) is 0 Å². The van der Waals surface area contributed by atoms with Gasteiger partial charge < -0.3 is 10.4 Å². The molecule has 1 rings (SSSR count).